The zero-order chi connectivity index (χ0) is 42.3. The van der Waals surface area contributed by atoms with Gasteiger partial charge in [-0.2, -0.15) is 0 Å². The molecule has 0 saturated heterocycles. The fourth-order valence-electron chi connectivity index (χ4n) is 9.20. The van der Waals surface area contributed by atoms with E-state index in [0.29, 0.717) is 23.7 Å². The molecule has 4 aromatic carbocycles. The van der Waals surface area contributed by atoms with Crippen LogP contribution in [0, 0.1) is 60.8 Å². The van der Waals surface area contributed by atoms with Gasteiger partial charge < -0.3 is 9.52 Å². The Morgan fingerprint density at radius 3 is 1.91 bits per heavy atom. The number of furan rings is 1. The topological polar surface area (TPSA) is 63.3 Å². The molecule has 0 aliphatic rings. The molecule has 0 aliphatic carbocycles. The molecule has 1 radical (unpaired) electrons. The quantitative estimate of drug-likeness (QED) is 0.0891. The summed E-state index contributed by atoms with van der Waals surface area (Å²) in [6.45, 7) is 34.6. The molecule has 6 rings (SSSR count). The smallest absolute Gasteiger partial charge is 0.162 e. The number of ketones is 1. The first-order valence-corrected chi connectivity index (χ1v) is 21.2. The van der Waals surface area contributed by atoms with Gasteiger partial charge in [0.05, 0.1) is 11.3 Å². The van der Waals surface area contributed by atoms with Gasteiger partial charge in [0.25, 0.3) is 0 Å². The number of aliphatic hydroxyl groups is 1. The number of nitrogens with zero attached hydrogens (tertiary/aromatic N) is 1. The molecule has 0 saturated carbocycles. The van der Waals surface area contributed by atoms with Crippen LogP contribution in [0.2, 0.25) is 0 Å². The molecule has 0 amide bonds. The number of rotatable bonds is 9. The summed E-state index contributed by atoms with van der Waals surface area (Å²) in [4.78, 5) is 17.7. The molecule has 1 N–H and O–H groups in total. The Morgan fingerprint density at radius 2 is 1.34 bits per heavy atom. The van der Waals surface area contributed by atoms with Crippen molar-refractivity contribution in [3.8, 4) is 11.3 Å². The Morgan fingerprint density at radius 1 is 0.759 bits per heavy atom. The maximum atomic E-state index is 12.3. The van der Waals surface area contributed by atoms with E-state index in [9.17, 15) is 9.90 Å². The van der Waals surface area contributed by atoms with Gasteiger partial charge in [0.1, 0.15) is 11.2 Å². The predicted molar refractivity (Wildman–Crippen MR) is 244 cm³/mol. The average molecular weight is 959 g/mol. The molecular formula is C53H68IrNO3-. The zero-order valence-electron chi connectivity index (χ0n) is 38.1. The molecule has 0 fully saturated rings. The van der Waals surface area contributed by atoms with Crippen molar-refractivity contribution in [1.29, 1.82) is 0 Å². The van der Waals surface area contributed by atoms with Crippen molar-refractivity contribution in [1.82, 2.24) is 4.98 Å². The summed E-state index contributed by atoms with van der Waals surface area (Å²) >= 11 is 0. The number of carbonyl (C=O) groups excluding carboxylic acids is 1. The van der Waals surface area contributed by atoms with Crippen molar-refractivity contribution in [2.24, 2.45) is 40.9 Å². The molecule has 0 bridgehead atoms. The maximum Gasteiger partial charge on any atom is 0.162 e. The van der Waals surface area contributed by atoms with Crippen LogP contribution in [-0.2, 0) is 36.7 Å². The third-order valence-electron chi connectivity index (χ3n) is 11.3. The van der Waals surface area contributed by atoms with Crippen LogP contribution >= 0.6 is 0 Å². The Labute approximate surface area is 362 Å². The second-order valence-corrected chi connectivity index (χ2v) is 20.2. The predicted octanol–water partition coefficient (Wildman–Crippen LogP) is 15.1. The summed E-state index contributed by atoms with van der Waals surface area (Å²) in [6.07, 6.45) is 2.43. The van der Waals surface area contributed by atoms with Crippen molar-refractivity contribution in [2.45, 2.75) is 123 Å². The van der Waals surface area contributed by atoms with Gasteiger partial charge in [0, 0.05) is 59.9 Å². The van der Waals surface area contributed by atoms with E-state index in [4.69, 9.17) is 9.40 Å². The van der Waals surface area contributed by atoms with Gasteiger partial charge >= 0.3 is 0 Å². The second-order valence-electron chi connectivity index (χ2n) is 20.2. The van der Waals surface area contributed by atoms with Crippen LogP contribution in [0.4, 0.5) is 0 Å². The van der Waals surface area contributed by atoms with E-state index in [1.807, 2.05) is 0 Å². The SMILES string of the molecule is CC(C)C(C(=O)/C=C(\O)C(C(C)C)C(C)C)C(C)C.Cc1cc(C)c2c(c1)nc(-c1[c-]c3ccccc3c(C(C)(C)C)c1)c1c3cccc(CC(C)(C)C)c3oc21.[Ir]. The van der Waals surface area contributed by atoms with E-state index < -0.39 is 0 Å². The van der Waals surface area contributed by atoms with Crippen LogP contribution in [0.25, 0.3) is 54.9 Å². The third kappa shape index (κ3) is 10.1. The van der Waals surface area contributed by atoms with Crippen molar-refractivity contribution >= 4 is 49.4 Å². The second kappa shape index (κ2) is 18.2. The Kier molecular flexibility index (Phi) is 14.7. The Balaban J connectivity index is 0.000000319. The summed E-state index contributed by atoms with van der Waals surface area (Å²) in [6, 6.07) is 25.6. The number of fused-ring (bicyclic) bond motifs is 6. The number of hydrogen-bond acceptors (Lipinski definition) is 4. The van der Waals surface area contributed by atoms with Crippen molar-refractivity contribution in [3.63, 3.8) is 0 Å². The Bertz CT molecular complexity index is 2410. The van der Waals surface area contributed by atoms with Crippen LogP contribution in [0.15, 0.2) is 76.9 Å². The number of para-hydroxylation sites is 1. The van der Waals surface area contributed by atoms with E-state index in [-0.39, 0.29) is 54.3 Å². The molecule has 0 aliphatic heterocycles. The fraction of sp³-hybridized carbons (Fsp3) is 0.472. The summed E-state index contributed by atoms with van der Waals surface area (Å²) in [5, 5.41) is 16.0. The number of aromatic nitrogens is 1. The van der Waals surface area contributed by atoms with Crippen molar-refractivity contribution in [3.05, 3.63) is 101 Å². The van der Waals surface area contributed by atoms with E-state index in [0.717, 1.165) is 55.9 Å². The van der Waals surface area contributed by atoms with E-state index in [2.05, 4.69) is 178 Å². The van der Waals surface area contributed by atoms with Gasteiger partial charge in [-0.1, -0.05) is 150 Å². The molecule has 0 atom stereocenters. The van der Waals surface area contributed by atoms with E-state index >= 15 is 0 Å². The number of aliphatic hydroxyl groups excluding tert-OH is 1. The molecular weight excluding hydrogens is 891 g/mol. The van der Waals surface area contributed by atoms with E-state index in [1.54, 1.807) is 0 Å². The fourth-order valence-corrected chi connectivity index (χ4v) is 9.20. The molecule has 6 aromatic rings. The van der Waals surface area contributed by atoms with Gasteiger partial charge in [0.15, 0.2) is 5.78 Å². The molecule has 4 nitrogen and oxygen atoms in total. The maximum absolute atomic E-state index is 12.3. The number of pyridine rings is 1. The largest absolute Gasteiger partial charge is 0.512 e. The number of hydrogen-bond donors (Lipinski definition) is 1. The summed E-state index contributed by atoms with van der Waals surface area (Å²) < 4.78 is 6.86. The molecule has 2 heterocycles. The number of aryl methyl sites for hydroxylation is 2. The zero-order valence-corrected chi connectivity index (χ0v) is 40.5. The Hall–Kier alpha value is -3.79. The summed E-state index contributed by atoms with van der Waals surface area (Å²) in [5.41, 5.74) is 9.91. The van der Waals surface area contributed by atoms with Crippen LogP contribution in [-0.4, -0.2) is 15.9 Å². The molecule has 5 heteroatoms. The van der Waals surface area contributed by atoms with Gasteiger partial charge in [-0.3, -0.25) is 9.78 Å². The monoisotopic (exact) mass is 959 g/mol. The molecule has 2 aromatic heterocycles. The van der Waals surface area contributed by atoms with Crippen LogP contribution in [0.1, 0.15) is 119 Å². The number of carbonyl (C=O) groups is 1. The van der Waals surface area contributed by atoms with Gasteiger partial charge in [-0.05, 0) is 77.5 Å². The minimum absolute atomic E-state index is 0. The summed E-state index contributed by atoms with van der Waals surface area (Å²) in [5.74, 6) is 1.63. The third-order valence-corrected chi connectivity index (χ3v) is 11.3. The van der Waals surface area contributed by atoms with Crippen LogP contribution < -0.4 is 0 Å². The molecule has 58 heavy (non-hydrogen) atoms. The minimum Gasteiger partial charge on any atom is -0.512 e. The summed E-state index contributed by atoms with van der Waals surface area (Å²) in [7, 11) is 0. The molecule has 0 spiro atoms. The van der Waals surface area contributed by atoms with Gasteiger partial charge in [0.2, 0.25) is 0 Å². The normalized spacial score (nSPS) is 12.9. The average Bonchev–Trinajstić information content (AvgIpc) is 3.46. The number of benzene rings is 4. The van der Waals surface area contributed by atoms with Crippen LogP contribution in [0.3, 0.4) is 0 Å². The minimum atomic E-state index is -0.0229. The molecule has 313 valence electrons. The first-order valence-electron chi connectivity index (χ1n) is 21.2. The van der Waals surface area contributed by atoms with Crippen molar-refractivity contribution < 1.29 is 34.4 Å². The standard InChI is InChI=1S/C36H36NO.C17H32O2.Ir/c1-21-16-22(2)30-29(17-21)37-32(25-18-23-12-9-10-14-26(23)28(19-25)36(6,7)8)31-27-15-11-13-24(20-35(3,4)5)33(27)38-34(30)31;1-10(2)16(11(3)4)14(18)9-15(19)17(12(5)6)13(7)8;/h9-17,19H,20H2,1-8H3;9-13,16-18H,1-8H3;/q-1;;/b;14-9-;. The first kappa shape index (κ1) is 46.9. The molecule has 0 unspecified atom stereocenters. The van der Waals surface area contributed by atoms with Crippen LogP contribution in [0.5, 0.6) is 0 Å². The van der Waals surface area contributed by atoms with E-state index in [1.165, 1.54) is 33.7 Å². The van der Waals surface area contributed by atoms with Gasteiger partial charge in [-0.15, -0.1) is 29.1 Å². The first-order chi connectivity index (χ1) is 26.5. The number of allylic oxidation sites excluding steroid dienone is 2. The van der Waals surface area contributed by atoms with Gasteiger partial charge in [-0.25, -0.2) is 0 Å². The van der Waals surface area contributed by atoms with Crippen molar-refractivity contribution in [2.75, 3.05) is 0 Å².